The molecule has 0 N–H and O–H groups in total. The zero-order valence-electron chi connectivity index (χ0n) is 9.01. The maximum atomic E-state index is 6.53. The van der Waals surface area contributed by atoms with E-state index in [0.717, 1.165) is 29.4 Å². The Morgan fingerprint density at radius 3 is 2.81 bits per heavy atom. The van der Waals surface area contributed by atoms with Crippen LogP contribution in [0.25, 0.3) is 0 Å². The zero-order chi connectivity index (χ0) is 11.1. The zero-order valence-corrected chi connectivity index (χ0v) is 10.5. The van der Waals surface area contributed by atoms with Crippen LogP contribution in [0.3, 0.4) is 0 Å². The average molecular weight is 257 g/mol. The molecule has 0 bridgehead atoms. The van der Waals surface area contributed by atoms with Crippen LogP contribution in [0, 0.1) is 5.92 Å². The summed E-state index contributed by atoms with van der Waals surface area (Å²) in [5, 5.41) is 0.850. The second-order valence-corrected chi connectivity index (χ2v) is 5.58. The highest BCUT2D eigenvalue weighted by Gasteiger charge is 2.31. The molecular weight excluding hydrogens is 243 g/mol. The Balaban J connectivity index is 1.99. The third kappa shape index (κ3) is 1.70. The Labute approximate surface area is 106 Å². The van der Waals surface area contributed by atoms with Crippen molar-refractivity contribution in [2.45, 2.75) is 31.1 Å². The molecule has 0 aromatic heterocycles. The second kappa shape index (κ2) is 4.12. The monoisotopic (exact) mass is 256 g/mol. The molecule has 3 heteroatoms. The van der Waals surface area contributed by atoms with Gasteiger partial charge in [0.25, 0.3) is 0 Å². The lowest BCUT2D eigenvalue weighted by molar-refractivity contribution is 0.297. The van der Waals surface area contributed by atoms with Crippen LogP contribution in [0.5, 0.6) is 5.75 Å². The van der Waals surface area contributed by atoms with Gasteiger partial charge >= 0.3 is 0 Å². The molecule has 1 aromatic rings. The standard InChI is InChI=1S/C13H14Cl2O/c14-10-6-9-4-5-16-13(9)11(7-10)12(15)8-2-1-3-8/h6-8,12H,1-5H2. The smallest absolute Gasteiger partial charge is 0.127 e. The summed E-state index contributed by atoms with van der Waals surface area (Å²) in [6.07, 6.45) is 4.72. The molecule has 1 aromatic carbocycles. The van der Waals surface area contributed by atoms with E-state index in [1.165, 1.54) is 24.8 Å². The number of rotatable bonds is 2. The van der Waals surface area contributed by atoms with Crippen LogP contribution in [0.2, 0.25) is 5.02 Å². The van der Waals surface area contributed by atoms with E-state index < -0.39 is 0 Å². The first kappa shape index (κ1) is 10.7. The van der Waals surface area contributed by atoms with Crippen molar-refractivity contribution in [3.05, 3.63) is 28.3 Å². The fourth-order valence-corrected chi connectivity index (χ4v) is 3.15. The Kier molecular flexibility index (Phi) is 2.76. The Morgan fingerprint density at radius 1 is 1.31 bits per heavy atom. The SMILES string of the molecule is Clc1cc2c(c(C(Cl)C3CCC3)c1)OCC2. The number of hydrogen-bond acceptors (Lipinski definition) is 1. The minimum atomic E-state index is 0.0688. The minimum Gasteiger partial charge on any atom is -0.493 e. The van der Waals surface area contributed by atoms with E-state index in [-0.39, 0.29) is 5.38 Å². The molecule has 0 spiro atoms. The predicted molar refractivity (Wildman–Crippen MR) is 66.6 cm³/mol. The summed E-state index contributed by atoms with van der Waals surface area (Å²) in [5.74, 6) is 1.60. The van der Waals surface area contributed by atoms with Crippen molar-refractivity contribution in [1.29, 1.82) is 0 Å². The van der Waals surface area contributed by atoms with Gasteiger partial charge in [0.2, 0.25) is 0 Å². The number of ether oxygens (including phenoxy) is 1. The minimum absolute atomic E-state index is 0.0688. The van der Waals surface area contributed by atoms with Crippen LogP contribution in [0.4, 0.5) is 0 Å². The van der Waals surface area contributed by atoms with E-state index in [2.05, 4.69) is 0 Å². The van der Waals surface area contributed by atoms with Crippen molar-refractivity contribution < 1.29 is 4.74 Å². The van der Waals surface area contributed by atoms with Gasteiger partial charge in [0.05, 0.1) is 12.0 Å². The fourth-order valence-electron chi connectivity index (χ4n) is 2.49. The molecule has 3 rings (SSSR count). The molecule has 0 saturated heterocycles. The second-order valence-electron chi connectivity index (χ2n) is 4.67. The topological polar surface area (TPSA) is 9.23 Å². The third-order valence-corrected chi connectivity index (χ3v) is 4.45. The molecule has 1 aliphatic carbocycles. The number of fused-ring (bicyclic) bond motifs is 1. The largest absolute Gasteiger partial charge is 0.493 e. The lowest BCUT2D eigenvalue weighted by atomic mass is 9.80. The van der Waals surface area contributed by atoms with Crippen LogP contribution >= 0.6 is 23.2 Å². The molecule has 16 heavy (non-hydrogen) atoms. The first-order valence-electron chi connectivity index (χ1n) is 5.85. The van der Waals surface area contributed by atoms with E-state index in [1.54, 1.807) is 0 Å². The number of halogens is 2. The maximum Gasteiger partial charge on any atom is 0.127 e. The molecule has 1 nitrogen and oxygen atoms in total. The van der Waals surface area contributed by atoms with Crippen molar-refractivity contribution in [1.82, 2.24) is 0 Å². The van der Waals surface area contributed by atoms with Gasteiger partial charge < -0.3 is 4.74 Å². The summed E-state index contributed by atoms with van der Waals surface area (Å²) in [4.78, 5) is 0. The molecule has 1 aliphatic heterocycles. The van der Waals surface area contributed by atoms with Gasteiger partial charge in [-0.1, -0.05) is 18.0 Å². The molecule has 0 amide bonds. The van der Waals surface area contributed by atoms with Gasteiger partial charge in [-0.15, -0.1) is 11.6 Å². The molecule has 86 valence electrons. The van der Waals surface area contributed by atoms with Crippen LogP contribution in [-0.2, 0) is 6.42 Å². The van der Waals surface area contributed by atoms with Crippen LogP contribution in [0.15, 0.2) is 12.1 Å². The molecule has 1 fully saturated rings. The van der Waals surface area contributed by atoms with Crippen LogP contribution in [0.1, 0.15) is 35.8 Å². The molecule has 1 unspecified atom stereocenters. The van der Waals surface area contributed by atoms with Gasteiger partial charge in [-0.25, -0.2) is 0 Å². The lowest BCUT2D eigenvalue weighted by Crippen LogP contribution is -2.17. The third-order valence-electron chi connectivity index (χ3n) is 3.64. The quantitative estimate of drug-likeness (QED) is 0.715. The van der Waals surface area contributed by atoms with E-state index in [9.17, 15) is 0 Å². The van der Waals surface area contributed by atoms with Gasteiger partial charge in [-0.05, 0) is 36.5 Å². The van der Waals surface area contributed by atoms with Crippen molar-refractivity contribution in [2.75, 3.05) is 6.61 Å². The number of benzene rings is 1. The fraction of sp³-hybridized carbons (Fsp3) is 0.538. The predicted octanol–water partition coefficient (Wildman–Crippen LogP) is 4.35. The van der Waals surface area contributed by atoms with E-state index in [1.807, 2.05) is 12.1 Å². The highest BCUT2D eigenvalue weighted by Crippen LogP contribution is 2.47. The molecular formula is C13H14Cl2O. The normalized spacial score (nSPS) is 21.1. The first-order chi connectivity index (χ1) is 7.75. The molecule has 1 atom stereocenters. The van der Waals surface area contributed by atoms with Gasteiger partial charge in [0, 0.05) is 17.0 Å². The highest BCUT2D eigenvalue weighted by molar-refractivity contribution is 6.31. The van der Waals surface area contributed by atoms with Gasteiger partial charge in [0.15, 0.2) is 0 Å². The van der Waals surface area contributed by atoms with Crippen LogP contribution in [-0.4, -0.2) is 6.61 Å². The summed E-state index contributed by atoms with van der Waals surface area (Å²) in [6, 6.07) is 3.97. The molecule has 1 heterocycles. The average Bonchev–Trinajstić information content (AvgIpc) is 2.60. The van der Waals surface area contributed by atoms with Crippen molar-refractivity contribution in [2.24, 2.45) is 5.92 Å². The van der Waals surface area contributed by atoms with Crippen molar-refractivity contribution in [3.8, 4) is 5.75 Å². The summed E-state index contributed by atoms with van der Waals surface area (Å²) in [7, 11) is 0. The molecule has 2 aliphatic rings. The Hall–Kier alpha value is -0.400. The van der Waals surface area contributed by atoms with Crippen LogP contribution < -0.4 is 4.74 Å². The summed E-state index contributed by atoms with van der Waals surface area (Å²) in [6.45, 7) is 0.761. The first-order valence-corrected chi connectivity index (χ1v) is 6.66. The van der Waals surface area contributed by atoms with Crippen molar-refractivity contribution in [3.63, 3.8) is 0 Å². The van der Waals surface area contributed by atoms with E-state index in [4.69, 9.17) is 27.9 Å². The van der Waals surface area contributed by atoms with Gasteiger partial charge in [-0.2, -0.15) is 0 Å². The molecule has 0 radical (unpaired) electrons. The van der Waals surface area contributed by atoms with E-state index in [0.29, 0.717) is 5.92 Å². The van der Waals surface area contributed by atoms with Gasteiger partial charge in [-0.3, -0.25) is 0 Å². The van der Waals surface area contributed by atoms with Crippen molar-refractivity contribution >= 4 is 23.2 Å². The summed E-state index contributed by atoms with van der Waals surface area (Å²) >= 11 is 12.6. The lowest BCUT2D eigenvalue weighted by Gasteiger charge is -2.30. The van der Waals surface area contributed by atoms with E-state index >= 15 is 0 Å². The Morgan fingerprint density at radius 2 is 2.12 bits per heavy atom. The highest BCUT2D eigenvalue weighted by atomic mass is 35.5. The number of alkyl halides is 1. The Bertz CT molecular complexity index is 413. The summed E-state index contributed by atoms with van der Waals surface area (Å²) < 4.78 is 5.68. The summed E-state index contributed by atoms with van der Waals surface area (Å²) in [5.41, 5.74) is 2.32. The maximum absolute atomic E-state index is 6.53. The molecule has 1 saturated carbocycles. The number of hydrogen-bond donors (Lipinski definition) is 0. The van der Waals surface area contributed by atoms with Gasteiger partial charge in [0.1, 0.15) is 5.75 Å².